The van der Waals surface area contributed by atoms with Crippen LogP contribution in [-0.2, 0) is 4.74 Å². The summed E-state index contributed by atoms with van der Waals surface area (Å²) in [6.45, 7) is 4.04. The summed E-state index contributed by atoms with van der Waals surface area (Å²) < 4.78 is 5.18. The highest BCUT2D eigenvalue weighted by Gasteiger charge is 2.35. The number of alkyl carbamates (subject to hydrolysis) is 1. The van der Waals surface area contributed by atoms with Crippen molar-refractivity contribution in [2.75, 3.05) is 5.75 Å². The first-order valence-electron chi connectivity index (χ1n) is 5.43. The van der Waals surface area contributed by atoms with E-state index in [0.717, 1.165) is 23.8 Å². The normalized spacial score (nSPS) is 30.5. The molecule has 1 fully saturated rings. The fourth-order valence-corrected chi connectivity index (χ4v) is 2.84. The van der Waals surface area contributed by atoms with Crippen molar-refractivity contribution in [2.45, 2.75) is 43.6 Å². The Morgan fingerprint density at radius 2 is 2.27 bits per heavy atom. The molecule has 0 saturated heterocycles. The van der Waals surface area contributed by atoms with E-state index in [9.17, 15) is 4.79 Å². The molecule has 0 aliphatic heterocycles. The van der Waals surface area contributed by atoms with E-state index in [0.29, 0.717) is 6.04 Å². The Hall–Kier alpha value is -0.640. The SMILES string of the molecule is CCSC1CC(NC(=O)OC2(C)C=C2)C1. The molecule has 0 bridgehead atoms. The number of carbonyl (C=O) groups excluding carboxylic acids is 1. The number of rotatable bonds is 4. The predicted molar refractivity (Wildman–Crippen MR) is 62.1 cm³/mol. The summed E-state index contributed by atoms with van der Waals surface area (Å²) in [7, 11) is 0. The predicted octanol–water partition coefficient (Wildman–Crippen LogP) is 2.33. The molecular formula is C11H17NO2S. The molecule has 1 saturated carbocycles. The zero-order chi connectivity index (χ0) is 10.9. The van der Waals surface area contributed by atoms with Crippen molar-refractivity contribution in [3.63, 3.8) is 0 Å². The number of thioether (sulfide) groups is 1. The van der Waals surface area contributed by atoms with Crippen LogP contribution in [0.15, 0.2) is 12.2 Å². The van der Waals surface area contributed by atoms with Gasteiger partial charge in [-0.05, 0) is 37.7 Å². The topological polar surface area (TPSA) is 38.3 Å². The number of ether oxygens (including phenoxy) is 1. The largest absolute Gasteiger partial charge is 0.435 e. The standard InChI is InChI=1S/C11H17NO2S/c1-3-15-9-6-8(7-9)12-10(13)14-11(2)4-5-11/h4-5,8-9H,3,6-7H2,1-2H3,(H,12,13). The average molecular weight is 227 g/mol. The molecule has 0 heterocycles. The van der Waals surface area contributed by atoms with Gasteiger partial charge < -0.3 is 10.1 Å². The van der Waals surface area contributed by atoms with Gasteiger partial charge in [0.25, 0.3) is 0 Å². The molecule has 1 amide bonds. The Bertz CT molecular complexity index is 278. The maximum atomic E-state index is 11.4. The first-order valence-corrected chi connectivity index (χ1v) is 6.47. The van der Waals surface area contributed by atoms with Gasteiger partial charge in [-0.2, -0.15) is 11.8 Å². The molecule has 84 valence electrons. The number of amides is 1. The van der Waals surface area contributed by atoms with Gasteiger partial charge in [0.1, 0.15) is 5.60 Å². The van der Waals surface area contributed by atoms with Gasteiger partial charge in [0.15, 0.2) is 0 Å². The van der Waals surface area contributed by atoms with E-state index in [2.05, 4.69) is 12.2 Å². The van der Waals surface area contributed by atoms with Crippen LogP contribution in [0.1, 0.15) is 26.7 Å². The molecule has 0 aromatic heterocycles. The lowest BCUT2D eigenvalue weighted by molar-refractivity contribution is 0.100. The average Bonchev–Trinajstić information content (AvgIpc) is 2.79. The molecule has 1 N–H and O–H groups in total. The molecule has 0 radical (unpaired) electrons. The van der Waals surface area contributed by atoms with Crippen LogP contribution in [0.5, 0.6) is 0 Å². The van der Waals surface area contributed by atoms with Crippen LogP contribution in [0.25, 0.3) is 0 Å². The second kappa shape index (κ2) is 4.08. The second-order valence-corrected chi connectivity index (χ2v) is 5.87. The zero-order valence-corrected chi connectivity index (χ0v) is 9.97. The molecule has 0 aromatic rings. The van der Waals surface area contributed by atoms with Gasteiger partial charge in [-0.25, -0.2) is 4.79 Å². The number of carbonyl (C=O) groups is 1. The van der Waals surface area contributed by atoms with E-state index in [1.165, 1.54) is 0 Å². The monoisotopic (exact) mass is 227 g/mol. The van der Waals surface area contributed by atoms with Crippen LogP contribution in [0, 0.1) is 0 Å². The first kappa shape index (κ1) is 10.9. The fraction of sp³-hybridized carbons (Fsp3) is 0.727. The summed E-state index contributed by atoms with van der Waals surface area (Å²) in [5, 5.41) is 3.62. The third-order valence-corrected chi connectivity index (χ3v) is 3.96. The smallest absolute Gasteiger partial charge is 0.408 e. The number of hydrogen-bond donors (Lipinski definition) is 1. The molecular weight excluding hydrogens is 210 g/mol. The number of hydrogen-bond acceptors (Lipinski definition) is 3. The van der Waals surface area contributed by atoms with Crippen molar-refractivity contribution in [1.82, 2.24) is 5.32 Å². The van der Waals surface area contributed by atoms with Gasteiger partial charge in [-0.1, -0.05) is 6.92 Å². The fourth-order valence-electron chi connectivity index (χ4n) is 1.64. The maximum absolute atomic E-state index is 11.4. The summed E-state index contributed by atoms with van der Waals surface area (Å²) in [5.74, 6) is 1.16. The Morgan fingerprint density at radius 3 is 2.80 bits per heavy atom. The van der Waals surface area contributed by atoms with E-state index in [1.807, 2.05) is 30.8 Å². The molecule has 2 aliphatic carbocycles. The maximum Gasteiger partial charge on any atom is 0.408 e. The lowest BCUT2D eigenvalue weighted by Crippen LogP contribution is -2.46. The van der Waals surface area contributed by atoms with E-state index in [-0.39, 0.29) is 6.09 Å². The summed E-state index contributed by atoms with van der Waals surface area (Å²) >= 11 is 1.97. The minimum absolute atomic E-state index is 0.285. The Kier molecular flexibility index (Phi) is 2.96. The van der Waals surface area contributed by atoms with Crippen LogP contribution in [0.4, 0.5) is 4.79 Å². The Labute approximate surface area is 94.6 Å². The molecule has 0 aromatic carbocycles. The van der Waals surface area contributed by atoms with Crippen molar-refractivity contribution in [2.24, 2.45) is 0 Å². The highest BCUT2D eigenvalue weighted by Crippen LogP contribution is 2.32. The van der Waals surface area contributed by atoms with Crippen LogP contribution in [0.2, 0.25) is 0 Å². The van der Waals surface area contributed by atoms with Crippen molar-refractivity contribution >= 4 is 17.9 Å². The van der Waals surface area contributed by atoms with Crippen molar-refractivity contribution in [1.29, 1.82) is 0 Å². The van der Waals surface area contributed by atoms with Gasteiger partial charge in [0, 0.05) is 11.3 Å². The van der Waals surface area contributed by atoms with Crippen LogP contribution in [-0.4, -0.2) is 28.7 Å². The van der Waals surface area contributed by atoms with Crippen LogP contribution in [0.3, 0.4) is 0 Å². The molecule has 2 aliphatic rings. The first-order chi connectivity index (χ1) is 7.11. The van der Waals surface area contributed by atoms with Gasteiger partial charge in [-0.3, -0.25) is 0 Å². The molecule has 2 rings (SSSR count). The molecule has 3 nitrogen and oxygen atoms in total. The number of nitrogens with one attached hydrogen (secondary N) is 1. The molecule has 0 atom stereocenters. The van der Waals surface area contributed by atoms with Gasteiger partial charge in [0.05, 0.1) is 0 Å². The molecule has 15 heavy (non-hydrogen) atoms. The van der Waals surface area contributed by atoms with Crippen molar-refractivity contribution in [3.05, 3.63) is 12.2 Å². The molecule has 4 heteroatoms. The summed E-state index contributed by atoms with van der Waals surface area (Å²) in [4.78, 5) is 11.4. The third-order valence-electron chi connectivity index (χ3n) is 2.77. The van der Waals surface area contributed by atoms with Crippen molar-refractivity contribution < 1.29 is 9.53 Å². The summed E-state index contributed by atoms with van der Waals surface area (Å²) in [5.41, 5.74) is -0.397. The van der Waals surface area contributed by atoms with Gasteiger partial charge in [0.2, 0.25) is 0 Å². The lowest BCUT2D eigenvalue weighted by atomic mass is 9.92. The summed E-state index contributed by atoms with van der Waals surface area (Å²) in [6, 6.07) is 0.323. The quantitative estimate of drug-likeness (QED) is 0.749. The van der Waals surface area contributed by atoms with Crippen molar-refractivity contribution in [3.8, 4) is 0 Å². The van der Waals surface area contributed by atoms with Gasteiger partial charge >= 0.3 is 6.09 Å². The molecule has 0 spiro atoms. The Balaban J connectivity index is 1.60. The van der Waals surface area contributed by atoms with Crippen LogP contribution < -0.4 is 5.32 Å². The third kappa shape index (κ3) is 2.91. The second-order valence-electron chi connectivity index (χ2n) is 4.30. The van der Waals surface area contributed by atoms with Crippen LogP contribution >= 0.6 is 11.8 Å². The van der Waals surface area contributed by atoms with E-state index in [4.69, 9.17) is 4.74 Å². The highest BCUT2D eigenvalue weighted by atomic mass is 32.2. The zero-order valence-electron chi connectivity index (χ0n) is 9.16. The Morgan fingerprint density at radius 1 is 1.60 bits per heavy atom. The van der Waals surface area contributed by atoms with E-state index in [1.54, 1.807) is 0 Å². The summed E-state index contributed by atoms with van der Waals surface area (Å²) in [6.07, 6.45) is 5.63. The van der Waals surface area contributed by atoms with E-state index < -0.39 is 5.60 Å². The van der Waals surface area contributed by atoms with E-state index >= 15 is 0 Å². The highest BCUT2D eigenvalue weighted by molar-refractivity contribution is 7.99. The van der Waals surface area contributed by atoms with Gasteiger partial charge in [-0.15, -0.1) is 0 Å². The minimum atomic E-state index is -0.397. The lowest BCUT2D eigenvalue weighted by Gasteiger charge is -2.35. The minimum Gasteiger partial charge on any atom is -0.435 e. The molecule has 0 unspecified atom stereocenters.